The van der Waals surface area contributed by atoms with Crippen LogP contribution in [0.15, 0.2) is 29.6 Å². The van der Waals surface area contributed by atoms with Gasteiger partial charge in [0.2, 0.25) is 5.91 Å². The van der Waals surface area contributed by atoms with E-state index in [-0.39, 0.29) is 10.8 Å². The number of carbonyl (C=O) groups is 1. The first-order valence-electron chi connectivity index (χ1n) is 9.36. The summed E-state index contributed by atoms with van der Waals surface area (Å²) in [5, 5.41) is 10.7. The second-order valence-corrected chi connectivity index (χ2v) is 10.0. The Kier molecular flexibility index (Phi) is 5.69. The molecule has 9 heteroatoms. The Morgan fingerprint density at radius 2 is 2.04 bits per heavy atom. The number of hydrogen-bond acceptors (Lipinski definition) is 5. The molecule has 1 N–H and O–H groups in total. The summed E-state index contributed by atoms with van der Waals surface area (Å²) in [7, 11) is -1.65. The van der Waals surface area contributed by atoms with Crippen molar-refractivity contribution in [2.45, 2.75) is 62.1 Å². The van der Waals surface area contributed by atoms with Crippen LogP contribution in [0, 0.1) is 5.92 Å². The average Bonchev–Trinajstić information content (AvgIpc) is 3.34. The first kappa shape index (κ1) is 19.6. The third-order valence-electron chi connectivity index (χ3n) is 5.15. The van der Waals surface area contributed by atoms with Gasteiger partial charge in [-0.15, -0.1) is 0 Å². The summed E-state index contributed by atoms with van der Waals surface area (Å²) >= 11 is 0. The Hall–Kier alpha value is -2.16. The van der Waals surface area contributed by atoms with Crippen molar-refractivity contribution in [1.29, 1.82) is 0 Å². The maximum Gasteiger partial charge on any atom is 0.250 e. The lowest BCUT2D eigenvalue weighted by atomic mass is 9.98. The largest absolute Gasteiger partial charge is 0.307 e. The SMILES string of the molecule is CC(C)S(=O)(=O)c1cnn([C@@H](CC2CCCC2)C(=O)Nc2ccn(C)n2)c1. The van der Waals surface area contributed by atoms with E-state index in [2.05, 4.69) is 15.5 Å². The van der Waals surface area contributed by atoms with E-state index in [1.54, 1.807) is 37.8 Å². The molecule has 0 bridgehead atoms. The smallest absolute Gasteiger partial charge is 0.250 e. The lowest BCUT2D eigenvalue weighted by Gasteiger charge is -2.20. The van der Waals surface area contributed by atoms with E-state index >= 15 is 0 Å². The number of nitrogens with one attached hydrogen (secondary N) is 1. The summed E-state index contributed by atoms with van der Waals surface area (Å²) in [5.41, 5.74) is 0. The number of sulfone groups is 1. The van der Waals surface area contributed by atoms with Gasteiger partial charge in [0.05, 0.1) is 11.4 Å². The van der Waals surface area contributed by atoms with Crippen LogP contribution in [-0.4, -0.2) is 39.1 Å². The fourth-order valence-electron chi connectivity index (χ4n) is 3.50. The molecule has 1 amide bonds. The van der Waals surface area contributed by atoms with Gasteiger partial charge < -0.3 is 5.32 Å². The highest BCUT2D eigenvalue weighted by molar-refractivity contribution is 7.92. The van der Waals surface area contributed by atoms with Gasteiger partial charge in [0, 0.05) is 25.5 Å². The van der Waals surface area contributed by atoms with E-state index in [0.29, 0.717) is 18.2 Å². The van der Waals surface area contributed by atoms with Gasteiger partial charge in [-0.3, -0.25) is 14.2 Å². The van der Waals surface area contributed by atoms with Crippen molar-refractivity contribution in [2.75, 3.05) is 5.32 Å². The van der Waals surface area contributed by atoms with Gasteiger partial charge in [-0.2, -0.15) is 10.2 Å². The number of amides is 1. The van der Waals surface area contributed by atoms with Gasteiger partial charge in [0.15, 0.2) is 15.7 Å². The molecule has 0 unspecified atom stereocenters. The molecule has 2 aromatic rings. The van der Waals surface area contributed by atoms with Crippen LogP contribution < -0.4 is 5.32 Å². The predicted octanol–water partition coefficient (Wildman–Crippen LogP) is 2.56. The molecular weight excluding hydrogens is 366 g/mol. The molecule has 3 rings (SSSR count). The second kappa shape index (κ2) is 7.84. The minimum absolute atomic E-state index is 0.152. The van der Waals surface area contributed by atoms with Crippen LogP contribution in [0.5, 0.6) is 0 Å². The van der Waals surface area contributed by atoms with Crippen LogP contribution in [-0.2, 0) is 21.7 Å². The molecule has 0 spiro atoms. The van der Waals surface area contributed by atoms with Crippen LogP contribution in [0.3, 0.4) is 0 Å². The first-order chi connectivity index (χ1) is 12.8. The van der Waals surface area contributed by atoms with Gasteiger partial charge in [-0.25, -0.2) is 8.42 Å². The molecule has 2 aromatic heterocycles. The normalized spacial score (nSPS) is 16.7. The number of rotatable bonds is 7. The number of aryl methyl sites for hydroxylation is 1. The highest BCUT2D eigenvalue weighted by Crippen LogP contribution is 2.32. The van der Waals surface area contributed by atoms with E-state index in [0.717, 1.165) is 12.8 Å². The van der Waals surface area contributed by atoms with Crippen LogP contribution in [0.25, 0.3) is 0 Å². The summed E-state index contributed by atoms with van der Waals surface area (Å²) < 4.78 is 27.9. The molecule has 0 aliphatic heterocycles. The van der Waals surface area contributed by atoms with Crippen LogP contribution in [0.2, 0.25) is 0 Å². The summed E-state index contributed by atoms with van der Waals surface area (Å²) in [6.07, 6.45) is 9.73. The van der Waals surface area contributed by atoms with Gasteiger partial charge >= 0.3 is 0 Å². The molecule has 1 aliphatic rings. The Bertz CT molecular complexity index is 894. The Morgan fingerprint density at radius 1 is 1.33 bits per heavy atom. The van der Waals surface area contributed by atoms with Gasteiger partial charge in [0.1, 0.15) is 10.9 Å². The zero-order valence-electron chi connectivity index (χ0n) is 16.0. The Morgan fingerprint density at radius 3 is 2.63 bits per heavy atom. The molecule has 2 heterocycles. The minimum atomic E-state index is -3.43. The number of nitrogens with zero attached hydrogens (tertiary/aromatic N) is 4. The van der Waals surface area contributed by atoms with Crippen LogP contribution >= 0.6 is 0 Å². The molecule has 1 aliphatic carbocycles. The number of aromatic nitrogens is 4. The maximum atomic E-state index is 12.9. The topological polar surface area (TPSA) is 98.9 Å². The van der Waals surface area contributed by atoms with E-state index in [4.69, 9.17) is 0 Å². The van der Waals surface area contributed by atoms with Crippen molar-refractivity contribution in [1.82, 2.24) is 19.6 Å². The van der Waals surface area contributed by atoms with Gasteiger partial charge in [0.25, 0.3) is 0 Å². The van der Waals surface area contributed by atoms with Crippen molar-refractivity contribution in [3.05, 3.63) is 24.7 Å². The lowest BCUT2D eigenvalue weighted by molar-refractivity contribution is -0.120. The predicted molar refractivity (Wildman–Crippen MR) is 102 cm³/mol. The second-order valence-electron chi connectivity index (χ2n) is 7.52. The minimum Gasteiger partial charge on any atom is -0.307 e. The summed E-state index contributed by atoms with van der Waals surface area (Å²) in [5.74, 6) is 0.692. The van der Waals surface area contributed by atoms with E-state index in [1.165, 1.54) is 29.9 Å². The number of carbonyl (C=O) groups excluding carboxylic acids is 1. The molecule has 0 saturated heterocycles. The van der Waals surface area contributed by atoms with Crippen molar-refractivity contribution < 1.29 is 13.2 Å². The lowest BCUT2D eigenvalue weighted by Crippen LogP contribution is -2.28. The zero-order chi connectivity index (χ0) is 19.6. The quantitative estimate of drug-likeness (QED) is 0.779. The summed E-state index contributed by atoms with van der Waals surface area (Å²) in [6, 6.07) is 1.16. The number of anilines is 1. The fourth-order valence-corrected chi connectivity index (χ4v) is 4.49. The highest BCUT2D eigenvalue weighted by atomic mass is 32.2. The van der Waals surface area contributed by atoms with Crippen molar-refractivity contribution in [2.24, 2.45) is 13.0 Å². The van der Waals surface area contributed by atoms with Crippen LogP contribution in [0.1, 0.15) is 52.0 Å². The molecule has 1 atom stereocenters. The standard InChI is InChI=1S/C18H27N5O3S/c1-13(2)27(25,26)15-11-19-23(12-15)16(10-14-6-4-5-7-14)18(24)20-17-8-9-22(3)21-17/h8-9,11-14,16H,4-7,10H2,1-3H3,(H,20,21,24)/t16-/m0/s1. The summed E-state index contributed by atoms with van der Waals surface area (Å²) in [6.45, 7) is 3.27. The van der Waals surface area contributed by atoms with Crippen molar-refractivity contribution in [3.8, 4) is 0 Å². The molecule has 0 aromatic carbocycles. The molecule has 8 nitrogen and oxygen atoms in total. The van der Waals surface area contributed by atoms with E-state index in [9.17, 15) is 13.2 Å². The first-order valence-corrected chi connectivity index (χ1v) is 10.9. The average molecular weight is 394 g/mol. The molecular formula is C18H27N5O3S. The zero-order valence-corrected chi connectivity index (χ0v) is 16.8. The molecule has 0 radical (unpaired) electrons. The maximum absolute atomic E-state index is 12.9. The Balaban J connectivity index is 1.85. The molecule has 1 saturated carbocycles. The van der Waals surface area contributed by atoms with E-state index in [1.807, 2.05) is 0 Å². The molecule has 1 fully saturated rings. The third kappa shape index (κ3) is 4.40. The van der Waals surface area contributed by atoms with Crippen molar-refractivity contribution in [3.63, 3.8) is 0 Å². The Labute approximate surface area is 159 Å². The van der Waals surface area contributed by atoms with Crippen molar-refractivity contribution >= 4 is 21.6 Å². The monoisotopic (exact) mass is 393 g/mol. The number of hydrogen-bond donors (Lipinski definition) is 1. The molecule has 27 heavy (non-hydrogen) atoms. The fraction of sp³-hybridized carbons (Fsp3) is 0.611. The van der Waals surface area contributed by atoms with Gasteiger partial charge in [-0.05, 0) is 26.2 Å². The highest BCUT2D eigenvalue weighted by Gasteiger charge is 2.29. The molecule has 148 valence electrons. The van der Waals surface area contributed by atoms with Crippen LogP contribution in [0.4, 0.5) is 5.82 Å². The van der Waals surface area contributed by atoms with E-state index < -0.39 is 21.1 Å². The van der Waals surface area contributed by atoms with Gasteiger partial charge in [-0.1, -0.05) is 25.7 Å². The third-order valence-corrected chi connectivity index (χ3v) is 7.25. The summed E-state index contributed by atoms with van der Waals surface area (Å²) in [4.78, 5) is 13.1.